The molecule has 0 amide bonds. The zero-order valence-electron chi connectivity index (χ0n) is 8.16. The maximum Gasteiger partial charge on any atom is 0.416 e. The van der Waals surface area contributed by atoms with Crippen molar-refractivity contribution in [2.75, 3.05) is 5.73 Å². The summed E-state index contributed by atoms with van der Waals surface area (Å²) in [6.45, 7) is 0. The monoisotopic (exact) mass is 165 g/mol. The minimum Gasteiger partial charge on any atom is -0.384 e. The fourth-order valence-corrected chi connectivity index (χ4v) is 0.473. The zero-order chi connectivity index (χ0) is 11.1. The topological polar surface area (TPSA) is 38.9 Å². The number of nitrogens with zero attached hydrogens (tertiary/aromatic N) is 1. The Morgan fingerprint density at radius 1 is 1.55 bits per heavy atom. The van der Waals surface area contributed by atoms with E-state index in [0.29, 0.717) is 0 Å². The highest BCUT2D eigenvalue weighted by molar-refractivity contribution is 5.33. The van der Waals surface area contributed by atoms with Crippen LogP contribution in [0.3, 0.4) is 0 Å². The highest BCUT2D eigenvalue weighted by atomic mass is 19.4. The molecule has 0 aliphatic heterocycles. The Bertz CT molecular complexity index is 351. The lowest BCUT2D eigenvalue weighted by atomic mass is 10.2. The summed E-state index contributed by atoms with van der Waals surface area (Å²) in [7, 11) is 0. The van der Waals surface area contributed by atoms with Gasteiger partial charge in [0.25, 0.3) is 0 Å². The maximum absolute atomic E-state index is 12.3. The predicted molar refractivity (Wildman–Crippen MR) is 33.7 cm³/mol. The summed E-state index contributed by atoms with van der Waals surface area (Å²) < 4.78 is 57.6. The lowest BCUT2D eigenvalue weighted by Gasteiger charge is -2.05. The van der Waals surface area contributed by atoms with Crippen LogP contribution in [0.15, 0.2) is 18.3 Å². The molecule has 0 aliphatic rings. The first-order valence-electron chi connectivity index (χ1n) is 4.05. The van der Waals surface area contributed by atoms with E-state index in [1.54, 1.807) is 0 Å². The summed E-state index contributed by atoms with van der Waals surface area (Å²) in [6.07, 6.45) is -5.74. The van der Waals surface area contributed by atoms with Gasteiger partial charge in [-0.2, -0.15) is 13.2 Å². The highest BCUT2D eigenvalue weighted by Gasteiger charge is 2.30. The van der Waals surface area contributed by atoms with Crippen LogP contribution in [-0.4, -0.2) is 4.98 Å². The van der Waals surface area contributed by atoms with E-state index in [2.05, 4.69) is 4.98 Å². The Morgan fingerprint density at radius 2 is 2.18 bits per heavy atom. The summed E-state index contributed by atoms with van der Waals surface area (Å²) in [5, 5.41) is 0. The maximum atomic E-state index is 12.3. The molecule has 0 aliphatic carbocycles. The fraction of sp³-hybridized carbons (Fsp3) is 0.167. The van der Waals surface area contributed by atoms with E-state index in [0.717, 1.165) is 0 Å². The number of aromatic nitrogens is 1. The molecular formula is C6H5F3N2. The number of nitrogens with two attached hydrogens (primary N) is 1. The van der Waals surface area contributed by atoms with Crippen molar-refractivity contribution in [2.45, 2.75) is 6.18 Å². The molecule has 0 unspecified atom stereocenters. The third-order valence-electron chi connectivity index (χ3n) is 0.894. The zero-order valence-corrected chi connectivity index (χ0v) is 5.16. The van der Waals surface area contributed by atoms with Gasteiger partial charge in [0.15, 0.2) is 0 Å². The molecule has 1 rings (SSSR count). The van der Waals surface area contributed by atoms with Crippen molar-refractivity contribution in [3.63, 3.8) is 0 Å². The second kappa shape index (κ2) is 2.41. The lowest BCUT2D eigenvalue weighted by Crippen LogP contribution is -2.05. The predicted octanol–water partition coefficient (Wildman–Crippen LogP) is 1.68. The highest BCUT2D eigenvalue weighted by Crippen LogP contribution is 2.29. The van der Waals surface area contributed by atoms with E-state index in [1.807, 2.05) is 0 Å². The first-order valence-corrected chi connectivity index (χ1v) is 2.55. The van der Waals surface area contributed by atoms with Crippen LogP contribution in [-0.2, 0) is 6.18 Å². The van der Waals surface area contributed by atoms with Gasteiger partial charge in [0.1, 0.15) is 5.82 Å². The van der Waals surface area contributed by atoms with Crippen molar-refractivity contribution in [3.05, 3.63) is 23.8 Å². The number of hydrogen-bond acceptors (Lipinski definition) is 2. The third-order valence-corrected chi connectivity index (χ3v) is 0.894. The van der Waals surface area contributed by atoms with E-state index in [-0.39, 0.29) is 0 Å². The first kappa shape index (κ1) is 4.58. The van der Waals surface area contributed by atoms with Crippen LogP contribution >= 0.6 is 0 Å². The van der Waals surface area contributed by atoms with Crippen molar-refractivity contribution in [3.8, 4) is 0 Å². The van der Waals surface area contributed by atoms with Crippen LogP contribution in [0.5, 0.6) is 0 Å². The molecule has 1 aromatic heterocycles. The van der Waals surface area contributed by atoms with Crippen LogP contribution in [0.1, 0.15) is 9.68 Å². The fourth-order valence-electron chi connectivity index (χ4n) is 0.473. The van der Waals surface area contributed by atoms with Gasteiger partial charge >= 0.3 is 6.18 Å². The number of alkyl halides is 3. The van der Waals surface area contributed by atoms with Crippen molar-refractivity contribution < 1.29 is 17.3 Å². The summed E-state index contributed by atoms with van der Waals surface area (Å²) >= 11 is 0. The molecule has 0 atom stereocenters. The molecule has 2 nitrogen and oxygen atoms in total. The molecule has 2 N–H and O–H groups in total. The normalized spacial score (nSPS) is 15.4. The SMILES string of the molecule is [2H]c1nc(N)c([2H])c(C(F)(F)F)c1[2H]. The summed E-state index contributed by atoms with van der Waals surface area (Å²) in [5.41, 5.74) is 3.47. The van der Waals surface area contributed by atoms with E-state index in [1.165, 1.54) is 0 Å². The van der Waals surface area contributed by atoms with Crippen LogP contribution in [0, 0.1) is 0 Å². The molecule has 0 spiro atoms. The molecule has 0 saturated carbocycles. The van der Waals surface area contributed by atoms with Gasteiger partial charge in [-0.25, -0.2) is 4.98 Å². The molecule has 1 aromatic rings. The van der Waals surface area contributed by atoms with Crippen molar-refractivity contribution in [1.29, 1.82) is 0 Å². The van der Waals surface area contributed by atoms with Crippen molar-refractivity contribution in [2.24, 2.45) is 0 Å². The number of rotatable bonds is 0. The Morgan fingerprint density at radius 3 is 2.73 bits per heavy atom. The molecule has 0 aromatic carbocycles. The molecule has 60 valence electrons. The van der Waals surface area contributed by atoms with Crippen LogP contribution in [0.25, 0.3) is 0 Å². The molecule has 0 bridgehead atoms. The van der Waals surface area contributed by atoms with Gasteiger partial charge in [-0.3, -0.25) is 0 Å². The minimum absolute atomic E-state index is 0.696. The van der Waals surface area contributed by atoms with Gasteiger partial charge in [0.05, 0.1) is 9.68 Å². The molecule has 0 saturated heterocycles. The molecular weight excluding hydrogens is 157 g/mol. The minimum atomic E-state index is -4.86. The number of hydrogen-bond donors (Lipinski definition) is 1. The van der Waals surface area contributed by atoms with Gasteiger partial charge in [-0.1, -0.05) is 0 Å². The number of nitrogen functional groups attached to an aromatic ring is 1. The van der Waals surface area contributed by atoms with E-state index in [9.17, 15) is 13.2 Å². The average Bonchev–Trinajstić information content (AvgIpc) is 1.98. The number of anilines is 1. The summed E-state index contributed by atoms with van der Waals surface area (Å²) in [5.74, 6) is -0.696. The molecule has 11 heavy (non-hydrogen) atoms. The lowest BCUT2D eigenvalue weighted by molar-refractivity contribution is -0.137. The second-order valence-electron chi connectivity index (χ2n) is 1.73. The van der Waals surface area contributed by atoms with Gasteiger partial charge in [0.2, 0.25) is 0 Å². The smallest absolute Gasteiger partial charge is 0.384 e. The quantitative estimate of drug-likeness (QED) is 0.635. The Hall–Kier alpha value is -1.26. The van der Waals surface area contributed by atoms with Gasteiger partial charge < -0.3 is 5.73 Å². The number of pyridine rings is 1. The van der Waals surface area contributed by atoms with Gasteiger partial charge in [-0.15, -0.1) is 0 Å². The van der Waals surface area contributed by atoms with E-state index in [4.69, 9.17) is 9.85 Å². The van der Waals surface area contributed by atoms with Gasteiger partial charge in [0, 0.05) is 6.17 Å². The first-order chi connectivity index (χ1) is 6.25. The molecule has 0 radical (unpaired) electrons. The molecule has 0 fully saturated rings. The third kappa shape index (κ3) is 1.83. The Labute approximate surface area is 65.1 Å². The van der Waals surface area contributed by atoms with E-state index >= 15 is 0 Å². The molecule has 1 heterocycles. The van der Waals surface area contributed by atoms with E-state index < -0.39 is 35.8 Å². The van der Waals surface area contributed by atoms with Crippen LogP contribution < -0.4 is 5.73 Å². The van der Waals surface area contributed by atoms with Crippen LogP contribution in [0.4, 0.5) is 19.0 Å². The summed E-state index contributed by atoms with van der Waals surface area (Å²) in [6, 6.07) is -2.18. The Kier molecular flexibility index (Phi) is 1.00. The largest absolute Gasteiger partial charge is 0.416 e. The second-order valence-corrected chi connectivity index (χ2v) is 1.73. The average molecular weight is 165 g/mol. The van der Waals surface area contributed by atoms with Crippen molar-refractivity contribution >= 4 is 5.82 Å². The van der Waals surface area contributed by atoms with Gasteiger partial charge in [-0.05, 0) is 12.1 Å². The molecule has 5 heteroatoms. The standard InChI is InChI=1S/C6H5F3N2/c7-6(8,9)4-1-2-11-5(10)3-4/h1-3H,(H2,10,11)/i1D,2D,3D. The van der Waals surface area contributed by atoms with Crippen LogP contribution in [0.2, 0.25) is 0 Å². The number of halogens is 3. The van der Waals surface area contributed by atoms with Crippen molar-refractivity contribution in [1.82, 2.24) is 4.98 Å². The Balaban J connectivity index is 3.56. The summed E-state index contributed by atoms with van der Waals surface area (Å²) in [4.78, 5) is 3.12.